The standard InChI is InChI=1S/C16H19N3/c1-12-10-17-16(18-11-12)19(2)15-8-7-13-5-3-4-6-14(13)9-15/h7-11H,3-6H2,1-2H3. The highest BCUT2D eigenvalue weighted by Crippen LogP contribution is 2.27. The zero-order valence-corrected chi connectivity index (χ0v) is 11.6. The Morgan fingerprint density at radius 3 is 2.42 bits per heavy atom. The first kappa shape index (κ1) is 12.2. The quantitative estimate of drug-likeness (QED) is 0.821. The molecular weight excluding hydrogens is 234 g/mol. The summed E-state index contributed by atoms with van der Waals surface area (Å²) in [5.74, 6) is 0.751. The zero-order valence-electron chi connectivity index (χ0n) is 11.6. The summed E-state index contributed by atoms with van der Waals surface area (Å²) in [6.45, 7) is 2.00. The number of nitrogens with zero attached hydrogens (tertiary/aromatic N) is 3. The molecule has 0 bridgehead atoms. The third kappa shape index (κ3) is 2.46. The molecule has 0 saturated carbocycles. The number of fused-ring (bicyclic) bond motifs is 1. The monoisotopic (exact) mass is 253 g/mol. The first-order valence-corrected chi connectivity index (χ1v) is 6.88. The van der Waals surface area contributed by atoms with E-state index in [1.165, 1.54) is 42.5 Å². The van der Waals surface area contributed by atoms with Crippen molar-refractivity contribution in [2.75, 3.05) is 11.9 Å². The first-order chi connectivity index (χ1) is 9.24. The van der Waals surface area contributed by atoms with Crippen LogP contribution in [-0.2, 0) is 12.8 Å². The van der Waals surface area contributed by atoms with Crippen molar-refractivity contribution in [3.8, 4) is 0 Å². The fourth-order valence-corrected chi connectivity index (χ4v) is 2.60. The maximum Gasteiger partial charge on any atom is 0.229 e. The van der Waals surface area contributed by atoms with E-state index in [0.717, 1.165) is 11.5 Å². The molecule has 19 heavy (non-hydrogen) atoms. The Bertz CT molecular complexity index is 575. The SMILES string of the molecule is Cc1cnc(N(C)c2ccc3c(c2)CCCC3)nc1. The van der Waals surface area contributed by atoms with Gasteiger partial charge in [0.05, 0.1) is 0 Å². The Morgan fingerprint density at radius 1 is 1.00 bits per heavy atom. The van der Waals surface area contributed by atoms with Gasteiger partial charge in [-0.15, -0.1) is 0 Å². The lowest BCUT2D eigenvalue weighted by molar-refractivity contribution is 0.685. The molecule has 0 N–H and O–H groups in total. The maximum atomic E-state index is 4.38. The predicted molar refractivity (Wildman–Crippen MR) is 77.9 cm³/mol. The third-order valence-electron chi connectivity index (χ3n) is 3.79. The summed E-state index contributed by atoms with van der Waals surface area (Å²) in [6, 6.07) is 6.72. The summed E-state index contributed by atoms with van der Waals surface area (Å²) in [6.07, 6.45) is 8.77. The lowest BCUT2D eigenvalue weighted by atomic mass is 9.91. The molecule has 0 radical (unpaired) electrons. The van der Waals surface area contributed by atoms with Gasteiger partial charge in [-0.3, -0.25) is 0 Å². The predicted octanol–water partition coefficient (Wildman–Crippen LogP) is 3.43. The van der Waals surface area contributed by atoms with Crippen LogP contribution in [0.1, 0.15) is 29.5 Å². The Labute approximate surface area is 114 Å². The summed E-state index contributed by atoms with van der Waals surface area (Å²) >= 11 is 0. The van der Waals surface area contributed by atoms with Crippen LogP contribution in [0.5, 0.6) is 0 Å². The molecule has 0 amide bonds. The van der Waals surface area contributed by atoms with Crippen LogP contribution in [0, 0.1) is 6.92 Å². The molecule has 3 nitrogen and oxygen atoms in total. The number of rotatable bonds is 2. The van der Waals surface area contributed by atoms with Gasteiger partial charge in [-0.05, 0) is 61.4 Å². The highest BCUT2D eigenvalue weighted by molar-refractivity contribution is 5.58. The largest absolute Gasteiger partial charge is 0.314 e. The average Bonchev–Trinajstić information content (AvgIpc) is 2.47. The van der Waals surface area contributed by atoms with Crippen LogP contribution in [0.3, 0.4) is 0 Å². The van der Waals surface area contributed by atoms with Gasteiger partial charge in [-0.1, -0.05) is 6.07 Å². The highest BCUT2D eigenvalue weighted by atomic mass is 15.2. The second-order valence-corrected chi connectivity index (χ2v) is 5.28. The van der Waals surface area contributed by atoms with Crippen LogP contribution in [0.25, 0.3) is 0 Å². The minimum Gasteiger partial charge on any atom is -0.314 e. The van der Waals surface area contributed by atoms with Gasteiger partial charge >= 0.3 is 0 Å². The maximum absolute atomic E-state index is 4.38. The fourth-order valence-electron chi connectivity index (χ4n) is 2.60. The lowest BCUT2D eigenvalue weighted by Gasteiger charge is -2.21. The van der Waals surface area contributed by atoms with Crippen LogP contribution < -0.4 is 4.90 Å². The molecule has 2 aromatic rings. The molecule has 0 spiro atoms. The van der Waals surface area contributed by atoms with Gasteiger partial charge in [0.2, 0.25) is 5.95 Å². The van der Waals surface area contributed by atoms with E-state index in [1.807, 2.05) is 31.3 Å². The summed E-state index contributed by atoms with van der Waals surface area (Å²) in [4.78, 5) is 10.8. The molecule has 98 valence electrons. The fraction of sp³-hybridized carbons (Fsp3) is 0.375. The molecule has 0 unspecified atom stereocenters. The molecule has 3 heteroatoms. The molecule has 0 saturated heterocycles. The molecule has 0 fully saturated rings. The molecule has 1 aliphatic carbocycles. The van der Waals surface area contributed by atoms with Crippen molar-refractivity contribution in [1.82, 2.24) is 9.97 Å². The molecule has 0 atom stereocenters. The molecule has 1 aliphatic rings. The van der Waals surface area contributed by atoms with Crippen molar-refractivity contribution in [3.63, 3.8) is 0 Å². The van der Waals surface area contributed by atoms with Crippen molar-refractivity contribution >= 4 is 11.6 Å². The Kier molecular flexibility index (Phi) is 3.20. The normalized spacial score (nSPS) is 14.0. The molecule has 1 aromatic carbocycles. The van der Waals surface area contributed by atoms with E-state index in [4.69, 9.17) is 0 Å². The van der Waals surface area contributed by atoms with Crippen LogP contribution in [0.4, 0.5) is 11.6 Å². The lowest BCUT2D eigenvalue weighted by Crippen LogP contribution is -2.14. The topological polar surface area (TPSA) is 29.0 Å². The van der Waals surface area contributed by atoms with Gasteiger partial charge in [0.15, 0.2) is 0 Å². The average molecular weight is 253 g/mol. The first-order valence-electron chi connectivity index (χ1n) is 6.88. The van der Waals surface area contributed by atoms with E-state index in [-0.39, 0.29) is 0 Å². The zero-order chi connectivity index (χ0) is 13.2. The van der Waals surface area contributed by atoms with Crippen molar-refractivity contribution in [1.29, 1.82) is 0 Å². The van der Waals surface area contributed by atoms with Gasteiger partial charge in [0.25, 0.3) is 0 Å². The Hall–Kier alpha value is -1.90. The Morgan fingerprint density at radius 2 is 1.68 bits per heavy atom. The highest BCUT2D eigenvalue weighted by Gasteiger charge is 2.12. The van der Waals surface area contributed by atoms with Gasteiger partial charge in [-0.2, -0.15) is 0 Å². The van der Waals surface area contributed by atoms with Crippen LogP contribution in [0.2, 0.25) is 0 Å². The van der Waals surface area contributed by atoms with E-state index in [2.05, 4.69) is 28.2 Å². The molecule has 0 aliphatic heterocycles. The van der Waals surface area contributed by atoms with Crippen LogP contribution in [-0.4, -0.2) is 17.0 Å². The minimum atomic E-state index is 0.751. The van der Waals surface area contributed by atoms with Crippen LogP contribution >= 0.6 is 0 Å². The summed E-state index contributed by atoms with van der Waals surface area (Å²) < 4.78 is 0. The smallest absolute Gasteiger partial charge is 0.229 e. The minimum absolute atomic E-state index is 0.751. The summed E-state index contributed by atoms with van der Waals surface area (Å²) in [7, 11) is 2.02. The van der Waals surface area contributed by atoms with Gasteiger partial charge in [-0.25, -0.2) is 9.97 Å². The summed E-state index contributed by atoms with van der Waals surface area (Å²) in [5, 5.41) is 0. The van der Waals surface area contributed by atoms with Crippen LogP contribution in [0.15, 0.2) is 30.6 Å². The van der Waals surface area contributed by atoms with Gasteiger partial charge < -0.3 is 4.90 Å². The molecular formula is C16H19N3. The number of aryl methyl sites for hydroxylation is 3. The van der Waals surface area contributed by atoms with E-state index in [0.29, 0.717) is 0 Å². The Balaban J connectivity index is 1.91. The second kappa shape index (κ2) is 5.00. The second-order valence-electron chi connectivity index (χ2n) is 5.28. The van der Waals surface area contributed by atoms with Crippen molar-refractivity contribution in [2.45, 2.75) is 32.6 Å². The van der Waals surface area contributed by atoms with Gasteiger partial charge in [0.1, 0.15) is 0 Å². The number of hydrogen-bond donors (Lipinski definition) is 0. The number of hydrogen-bond acceptors (Lipinski definition) is 3. The van der Waals surface area contributed by atoms with Crippen molar-refractivity contribution in [3.05, 3.63) is 47.3 Å². The van der Waals surface area contributed by atoms with E-state index in [1.54, 1.807) is 0 Å². The third-order valence-corrected chi connectivity index (χ3v) is 3.79. The number of benzene rings is 1. The molecule has 3 rings (SSSR count). The van der Waals surface area contributed by atoms with Crippen molar-refractivity contribution < 1.29 is 0 Å². The van der Waals surface area contributed by atoms with Crippen molar-refractivity contribution in [2.24, 2.45) is 0 Å². The molecule has 1 heterocycles. The number of aromatic nitrogens is 2. The van der Waals surface area contributed by atoms with Gasteiger partial charge in [0, 0.05) is 25.1 Å². The van der Waals surface area contributed by atoms with E-state index >= 15 is 0 Å². The van der Waals surface area contributed by atoms with E-state index < -0.39 is 0 Å². The number of anilines is 2. The summed E-state index contributed by atoms with van der Waals surface area (Å²) in [5.41, 5.74) is 5.25. The molecule has 1 aromatic heterocycles. The van der Waals surface area contributed by atoms with E-state index in [9.17, 15) is 0 Å².